The van der Waals surface area contributed by atoms with Crippen LogP contribution >= 0.6 is 11.6 Å². The molecule has 4 nitrogen and oxygen atoms in total. The van der Waals surface area contributed by atoms with Crippen molar-refractivity contribution in [2.75, 3.05) is 31.2 Å². The van der Waals surface area contributed by atoms with Crippen LogP contribution in [0.1, 0.15) is 0 Å². The Kier molecular flexibility index (Phi) is 3.20. The van der Waals surface area contributed by atoms with Crippen molar-refractivity contribution in [3.63, 3.8) is 0 Å². The highest BCUT2D eigenvalue weighted by molar-refractivity contribution is 6.35. The van der Waals surface area contributed by atoms with Crippen LogP contribution in [-0.4, -0.2) is 36.5 Å². The molecule has 1 saturated heterocycles. The Morgan fingerprint density at radius 1 is 1.26 bits per heavy atom. The van der Waals surface area contributed by atoms with Crippen molar-refractivity contribution >= 4 is 28.2 Å². The van der Waals surface area contributed by atoms with Gasteiger partial charge in [-0.05, 0) is 0 Å². The molecule has 0 radical (unpaired) electrons. The molecule has 2 aromatic rings. The van der Waals surface area contributed by atoms with Crippen LogP contribution in [0.4, 0.5) is 14.5 Å². The number of benzene rings is 1. The average Bonchev–Trinajstić information content (AvgIpc) is 2.43. The summed E-state index contributed by atoms with van der Waals surface area (Å²) in [6, 6.07) is 1.15. The second-order valence-corrected chi connectivity index (χ2v) is 4.61. The van der Waals surface area contributed by atoms with E-state index in [0.717, 1.165) is 6.07 Å². The molecule has 3 rings (SSSR count). The lowest BCUT2D eigenvalue weighted by atomic mass is 10.1. The normalized spacial score (nSPS) is 16.1. The summed E-state index contributed by atoms with van der Waals surface area (Å²) in [4.78, 5) is 1.73. The van der Waals surface area contributed by atoms with E-state index in [2.05, 4.69) is 10.2 Å². The Morgan fingerprint density at radius 2 is 2.00 bits per heavy atom. The van der Waals surface area contributed by atoms with E-state index in [1.807, 2.05) is 0 Å². The van der Waals surface area contributed by atoms with Crippen molar-refractivity contribution in [3.8, 4) is 0 Å². The first-order valence-corrected chi connectivity index (χ1v) is 6.18. The maximum absolute atomic E-state index is 14.4. The Balaban J connectivity index is 2.19. The van der Waals surface area contributed by atoms with Crippen molar-refractivity contribution in [1.29, 1.82) is 0 Å². The molecule has 1 aromatic heterocycles. The summed E-state index contributed by atoms with van der Waals surface area (Å²) < 4.78 is 33.7. The summed E-state index contributed by atoms with van der Waals surface area (Å²) >= 11 is 5.83. The lowest BCUT2D eigenvalue weighted by Crippen LogP contribution is -2.36. The van der Waals surface area contributed by atoms with Crippen molar-refractivity contribution in [1.82, 2.24) is 10.2 Å². The number of ether oxygens (including phenoxy) is 1. The summed E-state index contributed by atoms with van der Waals surface area (Å²) in [5.41, 5.74) is 0.0267. The predicted molar refractivity (Wildman–Crippen MR) is 67.5 cm³/mol. The Hall–Kier alpha value is -1.53. The number of nitrogens with zero attached hydrogens (tertiary/aromatic N) is 3. The summed E-state index contributed by atoms with van der Waals surface area (Å²) in [5.74, 6) is -1.20. The number of hydrogen-bond donors (Lipinski definition) is 0. The van der Waals surface area contributed by atoms with Crippen LogP contribution in [0.5, 0.6) is 0 Å². The zero-order chi connectivity index (χ0) is 13.4. The third-order valence-electron chi connectivity index (χ3n) is 3.09. The van der Waals surface area contributed by atoms with E-state index in [0.29, 0.717) is 26.3 Å². The van der Waals surface area contributed by atoms with Gasteiger partial charge in [0.15, 0.2) is 5.82 Å². The van der Waals surface area contributed by atoms with Crippen LogP contribution in [0.25, 0.3) is 10.9 Å². The molecule has 0 atom stereocenters. The Labute approximate surface area is 112 Å². The molecule has 0 N–H and O–H groups in total. The van der Waals surface area contributed by atoms with E-state index in [1.54, 1.807) is 4.90 Å². The monoisotopic (exact) mass is 285 g/mol. The van der Waals surface area contributed by atoms with Crippen LogP contribution in [0.15, 0.2) is 12.3 Å². The molecule has 0 unspecified atom stereocenters. The highest BCUT2D eigenvalue weighted by atomic mass is 35.5. The smallest absolute Gasteiger partial charge is 0.174 e. The van der Waals surface area contributed by atoms with Gasteiger partial charge >= 0.3 is 0 Å². The van der Waals surface area contributed by atoms with Gasteiger partial charge in [-0.1, -0.05) is 11.6 Å². The van der Waals surface area contributed by atoms with E-state index in [9.17, 15) is 8.78 Å². The van der Waals surface area contributed by atoms with Crippen LogP contribution in [0.3, 0.4) is 0 Å². The number of morpholine rings is 1. The third kappa shape index (κ3) is 2.11. The van der Waals surface area contributed by atoms with Gasteiger partial charge in [0.2, 0.25) is 0 Å². The number of fused-ring (bicyclic) bond motifs is 1. The minimum Gasteiger partial charge on any atom is -0.378 e. The SMILES string of the molecule is Fc1c(N2CCOCC2)cc(F)c2c(Cl)cnnc12. The number of rotatable bonds is 1. The molecule has 0 aliphatic carbocycles. The lowest BCUT2D eigenvalue weighted by molar-refractivity contribution is 0.122. The molecular weight excluding hydrogens is 276 g/mol. The van der Waals surface area contributed by atoms with E-state index >= 15 is 0 Å². The standard InChI is InChI=1S/C12H10ClF2N3O/c13-7-6-16-17-12-10(7)8(14)5-9(11(12)15)18-1-3-19-4-2-18/h5-6H,1-4H2. The average molecular weight is 286 g/mol. The van der Waals surface area contributed by atoms with Crippen molar-refractivity contribution < 1.29 is 13.5 Å². The summed E-state index contributed by atoms with van der Waals surface area (Å²) in [6.45, 7) is 1.99. The van der Waals surface area contributed by atoms with E-state index < -0.39 is 11.6 Å². The highest BCUT2D eigenvalue weighted by Gasteiger charge is 2.21. The van der Waals surface area contributed by atoms with Crippen molar-refractivity contribution in [2.24, 2.45) is 0 Å². The maximum atomic E-state index is 14.4. The van der Waals surface area contributed by atoms with Crippen molar-refractivity contribution in [3.05, 3.63) is 28.9 Å². The van der Waals surface area contributed by atoms with Gasteiger partial charge in [-0.15, -0.1) is 5.10 Å². The molecule has 1 aromatic carbocycles. The van der Waals surface area contributed by atoms with Gasteiger partial charge in [-0.3, -0.25) is 0 Å². The number of anilines is 1. The molecule has 1 aliphatic heterocycles. The zero-order valence-electron chi connectivity index (χ0n) is 9.87. The van der Waals surface area contributed by atoms with Gasteiger partial charge in [0.25, 0.3) is 0 Å². The van der Waals surface area contributed by atoms with Crippen LogP contribution in [0.2, 0.25) is 5.02 Å². The van der Waals surface area contributed by atoms with Crippen LogP contribution < -0.4 is 4.90 Å². The first kappa shape index (κ1) is 12.5. The summed E-state index contributed by atoms with van der Waals surface area (Å²) in [5, 5.41) is 7.23. The summed E-state index contributed by atoms with van der Waals surface area (Å²) in [7, 11) is 0. The van der Waals surface area contributed by atoms with Crippen LogP contribution in [-0.2, 0) is 4.74 Å². The molecule has 1 aliphatic rings. The first-order chi connectivity index (χ1) is 9.18. The zero-order valence-corrected chi connectivity index (χ0v) is 10.6. The van der Waals surface area contributed by atoms with E-state index in [1.165, 1.54) is 6.20 Å². The van der Waals surface area contributed by atoms with Gasteiger partial charge in [-0.25, -0.2) is 8.78 Å². The molecular formula is C12H10ClF2N3O. The van der Waals surface area contributed by atoms with Crippen LogP contribution in [0, 0.1) is 11.6 Å². The topological polar surface area (TPSA) is 38.2 Å². The van der Waals surface area contributed by atoms with E-state index in [-0.39, 0.29) is 21.6 Å². The molecule has 0 bridgehead atoms. The van der Waals surface area contributed by atoms with Gasteiger partial charge in [0, 0.05) is 19.2 Å². The largest absolute Gasteiger partial charge is 0.378 e. The van der Waals surface area contributed by atoms with Crippen molar-refractivity contribution in [2.45, 2.75) is 0 Å². The molecule has 19 heavy (non-hydrogen) atoms. The van der Waals surface area contributed by atoms with Gasteiger partial charge in [-0.2, -0.15) is 5.10 Å². The fourth-order valence-corrected chi connectivity index (χ4v) is 2.38. The second kappa shape index (κ2) is 4.86. The minimum atomic E-state index is -0.603. The summed E-state index contributed by atoms with van der Waals surface area (Å²) in [6.07, 6.45) is 1.20. The third-order valence-corrected chi connectivity index (χ3v) is 3.38. The molecule has 2 heterocycles. The Bertz CT molecular complexity index is 632. The van der Waals surface area contributed by atoms with Gasteiger partial charge in [0.05, 0.1) is 35.5 Å². The molecule has 0 spiro atoms. The number of hydrogen-bond acceptors (Lipinski definition) is 4. The fourth-order valence-electron chi connectivity index (χ4n) is 2.16. The van der Waals surface area contributed by atoms with E-state index in [4.69, 9.17) is 16.3 Å². The number of halogens is 3. The van der Waals surface area contributed by atoms with Gasteiger partial charge in [0.1, 0.15) is 11.3 Å². The molecule has 0 amide bonds. The Morgan fingerprint density at radius 3 is 2.74 bits per heavy atom. The minimum absolute atomic E-state index is 0.0359. The molecule has 0 saturated carbocycles. The second-order valence-electron chi connectivity index (χ2n) is 4.21. The molecule has 100 valence electrons. The maximum Gasteiger partial charge on any atom is 0.174 e. The predicted octanol–water partition coefficient (Wildman–Crippen LogP) is 2.40. The lowest BCUT2D eigenvalue weighted by Gasteiger charge is -2.29. The quantitative estimate of drug-likeness (QED) is 0.806. The van der Waals surface area contributed by atoms with Gasteiger partial charge < -0.3 is 9.64 Å². The first-order valence-electron chi connectivity index (χ1n) is 5.80. The molecule has 1 fully saturated rings. The number of aromatic nitrogens is 2. The fraction of sp³-hybridized carbons (Fsp3) is 0.333. The molecule has 7 heteroatoms. The highest BCUT2D eigenvalue weighted by Crippen LogP contribution is 2.32.